The van der Waals surface area contributed by atoms with Gasteiger partial charge < -0.3 is 25.8 Å². The first-order valence-corrected chi connectivity index (χ1v) is 10.3. The molecule has 166 valence electrons. The third-order valence-corrected chi connectivity index (χ3v) is 5.12. The van der Waals surface area contributed by atoms with E-state index in [-0.39, 0.29) is 30.5 Å². The summed E-state index contributed by atoms with van der Waals surface area (Å²) in [4.78, 5) is 28.2. The summed E-state index contributed by atoms with van der Waals surface area (Å²) >= 11 is 0. The number of rotatable bonds is 8. The van der Waals surface area contributed by atoms with Crippen molar-refractivity contribution in [3.05, 3.63) is 60.2 Å². The number of amides is 3. The van der Waals surface area contributed by atoms with Crippen LogP contribution < -0.4 is 16.0 Å². The molecule has 1 aromatic heterocycles. The molecule has 0 saturated carbocycles. The van der Waals surface area contributed by atoms with Gasteiger partial charge in [0.05, 0.1) is 25.2 Å². The molecule has 0 unspecified atom stereocenters. The lowest BCUT2D eigenvalue weighted by Crippen LogP contribution is -2.52. The molecule has 9 heteroatoms. The molecular formula is C22H27FN4O4. The Morgan fingerprint density at radius 2 is 1.87 bits per heavy atom. The number of benzene rings is 1. The summed E-state index contributed by atoms with van der Waals surface area (Å²) in [6.45, 7) is 0.238. The van der Waals surface area contributed by atoms with Gasteiger partial charge in [-0.1, -0.05) is 0 Å². The maximum absolute atomic E-state index is 13.0. The first kappa shape index (κ1) is 22.6. The van der Waals surface area contributed by atoms with Crippen molar-refractivity contribution in [2.45, 2.75) is 43.9 Å². The van der Waals surface area contributed by atoms with Crippen molar-refractivity contribution in [2.75, 3.05) is 18.5 Å². The lowest BCUT2D eigenvalue weighted by molar-refractivity contribution is -0.121. The van der Waals surface area contributed by atoms with Crippen molar-refractivity contribution >= 4 is 17.6 Å². The number of urea groups is 1. The molecule has 1 fully saturated rings. The summed E-state index contributed by atoms with van der Waals surface area (Å²) in [6, 6.07) is 8.27. The number of carbonyl (C=O) groups excluding carboxylic acids is 2. The predicted molar refractivity (Wildman–Crippen MR) is 113 cm³/mol. The zero-order chi connectivity index (χ0) is 22.1. The standard InChI is InChI=1S/C22H27FN4O4/c23-16-1-3-17(4-2-16)26-22(30)27-19-6-5-18(31-20(19)14-28)9-12-25-21(29)13-15-7-10-24-11-8-15/h1-4,7-8,10-11,18-20,28H,5-6,9,12-14H2,(H,25,29)(H2,26,27,30)/t18-,19+,20-/m1/s1. The number of ether oxygens (including phenoxy) is 1. The van der Waals surface area contributed by atoms with Gasteiger partial charge in [0.15, 0.2) is 0 Å². The highest BCUT2D eigenvalue weighted by molar-refractivity contribution is 5.89. The second-order valence-electron chi connectivity index (χ2n) is 7.44. The molecule has 1 aliphatic heterocycles. The van der Waals surface area contributed by atoms with Gasteiger partial charge in [-0.25, -0.2) is 9.18 Å². The quantitative estimate of drug-likeness (QED) is 0.512. The molecule has 3 amide bonds. The third kappa shape index (κ3) is 7.30. The van der Waals surface area contributed by atoms with Crippen LogP contribution in [0.15, 0.2) is 48.8 Å². The number of aliphatic hydroxyl groups excluding tert-OH is 1. The first-order chi connectivity index (χ1) is 15.0. The number of halogens is 1. The number of nitrogens with one attached hydrogen (secondary N) is 3. The van der Waals surface area contributed by atoms with Gasteiger partial charge >= 0.3 is 6.03 Å². The maximum atomic E-state index is 13.0. The molecule has 1 saturated heterocycles. The van der Waals surface area contributed by atoms with Crippen LogP contribution in [0.5, 0.6) is 0 Å². The Labute approximate surface area is 180 Å². The van der Waals surface area contributed by atoms with Gasteiger partial charge in [0, 0.05) is 24.6 Å². The van der Waals surface area contributed by atoms with E-state index in [1.165, 1.54) is 24.3 Å². The van der Waals surface area contributed by atoms with Crippen molar-refractivity contribution in [1.82, 2.24) is 15.6 Å². The SMILES string of the molecule is O=C(Cc1ccncc1)NCC[C@H]1CC[C@H](NC(=O)Nc2ccc(F)cc2)[C@@H](CO)O1. The van der Waals surface area contributed by atoms with E-state index < -0.39 is 12.1 Å². The van der Waals surface area contributed by atoms with E-state index in [2.05, 4.69) is 20.9 Å². The van der Waals surface area contributed by atoms with Crippen LogP contribution in [0.4, 0.5) is 14.9 Å². The zero-order valence-electron chi connectivity index (χ0n) is 17.1. The molecule has 2 heterocycles. The molecule has 0 spiro atoms. The molecule has 0 bridgehead atoms. The van der Waals surface area contributed by atoms with Crippen LogP contribution in [0.3, 0.4) is 0 Å². The Balaban J connectivity index is 1.39. The van der Waals surface area contributed by atoms with Gasteiger partial charge in [-0.05, 0) is 61.2 Å². The van der Waals surface area contributed by atoms with Crippen LogP contribution >= 0.6 is 0 Å². The lowest BCUT2D eigenvalue weighted by Gasteiger charge is -2.36. The minimum Gasteiger partial charge on any atom is -0.394 e. The van der Waals surface area contributed by atoms with Crippen molar-refractivity contribution in [2.24, 2.45) is 0 Å². The monoisotopic (exact) mass is 430 g/mol. The number of aliphatic hydroxyl groups is 1. The van der Waals surface area contributed by atoms with Gasteiger partial charge in [0.1, 0.15) is 11.9 Å². The van der Waals surface area contributed by atoms with Crippen LogP contribution in [-0.4, -0.2) is 53.4 Å². The Hall–Kier alpha value is -3.04. The molecule has 3 rings (SSSR count). The normalized spacial score (nSPS) is 20.6. The van der Waals surface area contributed by atoms with Crippen LogP contribution in [0, 0.1) is 5.82 Å². The third-order valence-electron chi connectivity index (χ3n) is 5.12. The Kier molecular flexibility index (Phi) is 8.31. The van der Waals surface area contributed by atoms with E-state index in [4.69, 9.17) is 4.74 Å². The Morgan fingerprint density at radius 3 is 2.58 bits per heavy atom. The molecular weight excluding hydrogens is 403 g/mol. The van der Waals surface area contributed by atoms with Crippen molar-refractivity contribution in [3.8, 4) is 0 Å². The minimum atomic E-state index is -0.537. The number of carbonyl (C=O) groups is 2. The van der Waals surface area contributed by atoms with Gasteiger partial charge in [0.25, 0.3) is 0 Å². The number of hydrogen-bond donors (Lipinski definition) is 4. The zero-order valence-corrected chi connectivity index (χ0v) is 17.1. The first-order valence-electron chi connectivity index (χ1n) is 10.3. The van der Waals surface area contributed by atoms with Crippen LogP contribution in [0.2, 0.25) is 0 Å². The van der Waals surface area contributed by atoms with E-state index in [0.717, 1.165) is 5.56 Å². The largest absolute Gasteiger partial charge is 0.394 e. The smallest absolute Gasteiger partial charge is 0.319 e. The molecule has 4 N–H and O–H groups in total. The Morgan fingerprint density at radius 1 is 1.13 bits per heavy atom. The number of pyridine rings is 1. The molecule has 2 aromatic rings. The summed E-state index contributed by atoms with van der Waals surface area (Å²) in [7, 11) is 0. The minimum absolute atomic E-state index is 0.0716. The number of aromatic nitrogens is 1. The Bertz CT molecular complexity index is 850. The van der Waals surface area contributed by atoms with E-state index in [1.807, 2.05) is 0 Å². The van der Waals surface area contributed by atoms with Crippen LogP contribution in [-0.2, 0) is 16.0 Å². The van der Waals surface area contributed by atoms with Crippen LogP contribution in [0.1, 0.15) is 24.8 Å². The van der Waals surface area contributed by atoms with Gasteiger partial charge in [0.2, 0.25) is 5.91 Å². The summed E-state index contributed by atoms with van der Waals surface area (Å²) in [5, 5.41) is 18.0. The van der Waals surface area contributed by atoms with E-state index in [9.17, 15) is 19.1 Å². The highest BCUT2D eigenvalue weighted by Gasteiger charge is 2.31. The van der Waals surface area contributed by atoms with Crippen molar-refractivity contribution in [3.63, 3.8) is 0 Å². The van der Waals surface area contributed by atoms with Crippen molar-refractivity contribution in [1.29, 1.82) is 0 Å². The van der Waals surface area contributed by atoms with E-state index in [1.54, 1.807) is 24.5 Å². The second kappa shape index (κ2) is 11.4. The number of anilines is 1. The van der Waals surface area contributed by atoms with Gasteiger partial charge in [-0.15, -0.1) is 0 Å². The molecule has 8 nitrogen and oxygen atoms in total. The number of hydrogen-bond acceptors (Lipinski definition) is 5. The topological polar surface area (TPSA) is 113 Å². The lowest BCUT2D eigenvalue weighted by atomic mass is 9.97. The molecule has 0 radical (unpaired) electrons. The molecule has 3 atom stereocenters. The van der Waals surface area contributed by atoms with Crippen LogP contribution in [0.25, 0.3) is 0 Å². The second-order valence-corrected chi connectivity index (χ2v) is 7.44. The van der Waals surface area contributed by atoms with E-state index >= 15 is 0 Å². The van der Waals surface area contributed by atoms with Crippen molar-refractivity contribution < 1.29 is 23.8 Å². The molecule has 1 aliphatic rings. The van der Waals surface area contributed by atoms with E-state index in [0.29, 0.717) is 37.9 Å². The molecule has 31 heavy (non-hydrogen) atoms. The summed E-state index contributed by atoms with van der Waals surface area (Å²) in [6.07, 6.45) is 4.89. The summed E-state index contributed by atoms with van der Waals surface area (Å²) in [5.41, 5.74) is 1.37. The van der Waals surface area contributed by atoms with Gasteiger partial charge in [-0.2, -0.15) is 0 Å². The highest BCUT2D eigenvalue weighted by Crippen LogP contribution is 2.22. The fourth-order valence-corrected chi connectivity index (χ4v) is 3.50. The fraction of sp³-hybridized carbons (Fsp3) is 0.409. The predicted octanol–water partition coefficient (Wildman–Crippen LogP) is 2.00. The summed E-state index contributed by atoms with van der Waals surface area (Å²) in [5.74, 6) is -0.454. The maximum Gasteiger partial charge on any atom is 0.319 e. The molecule has 0 aliphatic carbocycles. The number of nitrogens with zero attached hydrogens (tertiary/aromatic N) is 1. The van der Waals surface area contributed by atoms with Gasteiger partial charge in [-0.3, -0.25) is 9.78 Å². The average Bonchev–Trinajstić information content (AvgIpc) is 2.77. The molecule has 1 aromatic carbocycles. The average molecular weight is 430 g/mol. The fourth-order valence-electron chi connectivity index (χ4n) is 3.50. The summed E-state index contributed by atoms with van der Waals surface area (Å²) < 4.78 is 18.9. The highest BCUT2D eigenvalue weighted by atomic mass is 19.1.